The molecule has 1 amide bonds. The number of amides is 1. The minimum atomic E-state index is -4.12. The molecule has 3 rings (SSSR count). The quantitative estimate of drug-likeness (QED) is 0.847. The van der Waals surface area contributed by atoms with E-state index in [0.717, 1.165) is 10.4 Å². The molecule has 1 fully saturated rings. The zero-order valence-electron chi connectivity index (χ0n) is 12.8. The maximum atomic E-state index is 14.3. The molecule has 0 bridgehead atoms. The Bertz CT molecular complexity index is 808. The minimum Gasteiger partial charge on any atom is -0.481 e. The van der Waals surface area contributed by atoms with Crippen molar-refractivity contribution in [3.8, 4) is 0 Å². The number of carbonyl (C=O) groups excluding carboxylic acids is 1. The van der Waals surface area contributed by atoms with Crippen molar-refractivity contribution < 1.29 is 27.5 Å². The number of carboxylic acid groups (broad SMARTS) is 1. The van der Waals surface area contributed by atoms with Crippen molar-refractivity contribution in [3.05, 3.63) is 23.5 Å². The number of hydrogen-bond donors (Lipinski definition) is 2. The molecule has 1 aromatic rings. The van der Waals surface area contributed by atoms with Gasteiger partial charge in [0.05, 0.1) is 5.92 Å². The van der Waals surface area contributed by atoms with E-state index in [1.54, 1.807) is 0 Å². The second-order valence-electron chi connectivity index (χ2n) is 6.03. The van der Waals surface area contributed by atoms with E-state index >= 15 is 0 Å². The zero-order chi connectivity index (χ0) is 17.5. The lowest BCUT2D eigenvalue weighted by atomic mass is 10.0. The van der Waals surface area contributed by atoms with Gasteiger partial charge in [0.1, 0.15) is 10.7 Å². The number of anilines is 1. The van der Waals surface area contributed by atoms with Crippen molar-refractivity contribution in [2.75, 3.05) is 18.4 Å². The summed E-state index contributed by atoms with van der Waals surface area (Å²) in [7, 11) is -4.12. The number of rotatable bonds is 3. The van der Waals surface area contributed by atoms with Gasteiger partial charge in [-0.1, -0.05) is 0 Å². The Hall–Kier alpha value is -2.00. The lowest BCUT2D eigenvalue weighted by molar-refractivity contribution is -0.142. The summed E-state index contributed by atoms with van der Waals surface area (Å²) in [5.74, 6) is -3.02. The molecule has 1 unspecified atom stereocenters. The van der Waals surface area contributed by atoms with Crippen LogP contribution in [0.1, 0.15) is 24.8 Å². The molecular weight excluding hydrogens is 339 g/mol. The molecule has 0 aromatic heterocycles. The minimum absolute atomic E-state index is 0.162. The molecule has 1 aromatic carbocycles. The first kappa shape index (κ1) is 16.8. The fourth-order valence-electron chi connectivity index (χ4n) is 3.08. The highest BCUT2D eigenvalue weighted by molar-refractivity contribution is 7.89. The van der Waals surface area contributed by atoms with Crippen LogP contribution in [-0.4, -0.2) is 42.8 Å². The van der Waals surface area contributed by atoms with Crippen LogP contribution in [0.5, 0.6) is 0 Å². The van der Waals surface area contributed by atoms with E-state index in [2.05, 4.69) is 5.32 Å². The van der Waals surface area contributed by atoms with Crippen LogP contribution < -0.4 is 5.32 Å². The molecule has 2 heterocycles. The van der Waals surface area contributed by atoms with Gasteiger partial charge in [-0.2, -0.15) is 4.31 Å². The molecule has 1 atom stereocenters. The average molecular weight is 356 g/mol. The van der Waals surface area contributed by atoms with Crippen molar-refractivity contribution in [2.45, 2.75) is 30.6 Å². The molecule has 7 nitrogen and oxygen atoms in total. The zero-order valence-corrected chi connectivity index (χ0v) is 13.6. The Morgan fingerprint density at radius 2 is 2.08 bits per heavy atom. The molecule has 0 spiro atoms. The van der Waals surface area contributed by atoms with Gasteiger partial charge in [0.15, 0.2) is 0 Å². The van der Waals surface area contributed by atoms with E-state index in [9.17, 15) is 22.4 Å². The largest absolute Gasteiger partial charge is 0.481 e. The number of benzene rings is 1. The smallest absolute Gasteiger partial charge is 0.307 e. The van der Waals surface area contributed by atoms with Crippen molar-refractivity contribution in [1.29, 1.82) is 0 Å². The van der Waals surface area contributed by atoms with Crippen LogP contribution in [-0.2, 0) is 26.0 Å². The monoisotopic (exact) mass is 356 g/mol. The van der Waals surface area contributed by atoms with E-state index in [0.29, 0.717) is 24.8 Å². The predicted octanol–water partition coefficient (Wildman–Crippen LogP) is 1.20. The summed E-state index contributed by atoms with van der Waals surface area (Å²) in [6.45, 7) is 0.00427. The molecule has 2 aliphatic rings. The van der Waals surface area contributed by atoms with Gasteiger partial charge in [0, 0.05) is 25.2 Å². The van der Waals surface area contributed by atoms with E-state index in [1.807, 2.05) is 0 Å². The van der Waals surface area contributed by atoms with Crippen LogP contribution in [0.25, 0.3) is 0 Å². The SMILES string of the molecule is O=C1CCc2cc(S(=O)(=O)N3CCCC(C(=O)O)C3)c(F)cc2N1. The molecule has 1 saturated heterocycles. The molecule has 2 N–H and O–H groups in total. The number of halogens is 1. The second kappa shape index (κ2) is 6.14. The highest BCUT2D eigenvalue weighted by atomic mass is 32.2. The maximum absolute atomic E-state index is 14.3. The van der Waals surface area contributed by atoms with Crippen LogP contribution in [0, 0.1) is 11.7 Å². The molecule has 0 aliphatic carbocycles. The number of fused-ring (bicyclic) bond motifs is 1. The molecular formula is C15H17FN2O5S. The van der Waals surface area contributed by atoms with Gasteiger partial charge in [-0.3, -0.25) is 9.59 Å². The third-order valence-electron chi connectivity index (χ3n) is 4.40. The number of sulfonamides is 1. The van der Waals surface area contributed by atoms with Crippen LogP contribution >= 0.6 is 0 Å². The van der Waals surface area contributed by atoms with Crippen LogP contribution in [0.3, 0.4) is 0 Å². The van der Waals surface area contributed by atoms with Gasteiger partial charge in [-0.25, -0.2) is 12.8 Å². The summed E-state index contributed by atoms with van der Waals surface area (Å²) in [5, 5.41) is 11.6. The van der Waals surface area contributed by atoms with E-state index in [-0.39, 0.29) is 31.1 Å². The highest BCUT2D eigenvalue weighted by Crippen LogP contribution is 2.31. The van der Waals surface area contributed by atoms with Crippen molar-refractivity contribution in [2.24, 2.45) is 5.92 Å². The number of carboxylic acids is 1. The molecule has 24 heavy (non-hydrogen) atoms. The van der Waals surface area contributed by atoms with E-state index in [4.69, 9.17) is 5.11 Å². The summed E-state index contributed by atoms with van der Waals surface area (Å²) in [5.41, 5.74) is 0.839. The normalized spacial score (nSPS) is 21.9. The fourth-order valence-corrected chi connectivity index (χ4v) is 4.70. The first-order valence-corrected chi connectivity index (χ1v) is 9.08. The Labute approximate surface area is 138 Å². The molecule has 2 aliphatic heterocycles. The highest BCUT2D eigenvalue weighted by Gasteiger charge is 2.35. The van der Waals surface area contributed by atoms with Crippen LogP contribution in [0.15, 0.2) is 17.0 Å². The van der Waals surface area contributed by atoms with E-state index in [1.165, 1.54) is 6.07 Å². The number of nitrogens with one attached hydrogen (secondary N) is 1. The number of piperidine rings is 1. The summed E-state index contributed by atoms with van der Waals surface area (Å²) >= 11 is 0. The Balaban J connectivity index is 1.95. The molecule has 0 radical (unpaired) electrons. The van der Waals surface area contributed by atoms with Gasteiger partial charge < -0.3 is 10.4 Å². The van der Waals surface area contributed by atoms with Gasteiger partial charge in [-0.15, -0.1) is 0 Å². The van der Waals surface area contributed by atoms with Crippen LogP contribution in [0.4, 0.5) is 10.1 Å². The summed E-state index contributed by atoms with van der Waals surface area (Å²) < 4.78 is 40.8. The Morgan fingerprint density at radius 3 is 2.79 bits per heavy atom. The van der Waals surface area contributed by atoms with E-state index < -0.39 is 32.6 Å². The number of aliphatic carboxylic acids is 1. The first-order valence-electron chi connectivity index (χ1n) is 7.64. The summed E-state index contributed by atoms with van der Waals surface area (Å²) in [6.07, 6.45) is 1.36. The van der Waals surface area contributed by atoms with Gasteiger partial charge in [0.2, 0.25) is 15.9 Å². The Morgan fingerprint density at radius 1 is 1.33 bits per heavy atom. The number of aryl methyl sites for hydroxylation is 1. The predicted molar refractivity (Wildman–Crippen MR) is 82.5 cm³/mol. The second-order valence-corrected chi connectivity index (χ2v) is 7.93. The fraction of sp³-hybridized carbons (Fsp3) is 0.467. The molecule has 0 saturated carbocycles. The lowest BCUT2D eigenvalue weighted by Crippen LogP contribution is -2.42. The Kier molecular flexibility index (Phi) is 4.31. The standard InChI is InChI=1S/C15H17FN2O5S/c16-11-7-12-9(3-4-14(19)17-12)6-13(11)24(22,23)18-5-1-2-10(8-18)15(20)21/h6-7,10H,1-5,8H2,(H,17,19)(H,20,21). The lowest BCUT2D eigenvalue weighted by Gasteiger charge is -2.30. The van der Waals surface area contributed by atoms with Crippen molar-refractivity contribution >= 4 is 27.6 Å². The maximum Gasteiger partial charge on any atom is 0.307 e. The topological polar surface area (TPSA) is 104 Å². The third-order valence-corrected chi connectivity index (χ3v) is 6.28. The first-order chi connectivity index (χ1) is 11.3. The van der Waals surface area contributed by atoms with Gasteiger partial charge in [-0.05, 0) is 37.0 Å². The van der Waals surface area contributed by atoms with Gasteiger partial charge >= 0.3 is 5.97 Å². The third kappa shape index (κ3) is 3.01. The van der Waals surface area contributed by atoms with Crippen LogP contribution in [0.2, 0.25) is 0 Å². The molecule has 130 valence electrons. The summed E-state index contributed by atoms with van der Waals surface area (Å²) in [6, 6.07) is 2.25. The van der Waals surface area contributed by atoms with Gasteiger partial charge in [0.25, 0.3) is 0 Å². The van der Waals surface area contributed by atoms with Crippen molar-refractivity contribution in [1.82, 2.24) is 4.31 Å². The number of hydrogen-bond acceptors (Lipinski definition) is 4. The number of carbonyl (C=O) groups is 2. The summed E-state index contributed by atoms with van der Waals surface area (Å²) in [4.78, 5) is 22.0. The number of nitrogens with zero attached hydrogens (tertiary/aromatic N) is 1. The van der Waals surface area contributed by atoms with Crippen molar-refractivity contribution in [3.63, 3.8) is 0 Å². The molecule has 9 heteroatoms. The average Bonchev–Trinajstić information content (AvgIpc) is 2.54.